The molecule has 0 bridgehead atoms. The van der Waals surface area contributed by atoms with Crippen molar-refractivity contribution in [3.05, 3.63) is 40.9 Å². The van der Waals surface area contributed by atoms with E-state index in [1.165, 1.54) is 17.5 Å². The van der Waals surface area contributed by atoms with Gasteiger partial charge in [-0.2, -0.15) is 29.0 Å². The predicted octanol–water partition coefficient (Wildman–Crippen LogP) is 1.18. The van der Waals surface area contributed by atoms with Crippen LogP contribution in [0.1, 0.15) is 15.2 Å². The molecule has 3 aromatic rings. The molecule has 4 rings (SSSR count). The van der Waals surface area contributed by atoms with E-state index < -0.39 is 23.5 Å². The third-order valence-corrected chi connectivity index (χ3v) is 5.88. The molecule has 0 aliphatic carbocycles. The predicted molar refractivity (Wildman–Crippen MR) is 129 cm³/mol. The third-order valence-electron chi connectivity index (χ3n) is 5.06. The number of thiazole rings is 1. The minimum atomic E-state index is -1.26. The number of carbonyl (C=O) groups is 1. The van der Waals surface area contributed by atoms with Crippen LogP contribution in [0.15, 0.2) is 18.5 Å². The Morgan fingerprint density at radius 3 is 2.70 bits per heavy atom. The van der Waals surface area contributed by atoms with Crippen molar-refractivity contribution in [1.82, 2.24) is 35.1 Å². The van der Waals surface area contributed by atoms with Gasteiger partial charge in [-0.25, -0.2) is 9.97 Å². The fourth-order valence-corrected chi connectivity index (χ4v) is 3.78. The number of aromatic nitrogens is 5. The highest BCUT2D eigenvalue weighted by Gasteiger charge is 2.18. The van der Waals surface area contributed by atoms with Crippen LogP contribution in [0, 0.1) is 35.2 Å². The number of likely N-dealkylation sites (N-methyl/N-ethyl adjacent to an activating group) is 1. The number of nitrogens with zero attached hydrogens (tertiary/aromatic N) is 8. The largest absolute Gasteiger partial charge is 0.450 e. The van der Waals surface area contributed by atoms with Gasteiger partial charge in [-0.1, -0.05) is 23.2 Å². The van der Waals surface area contributed by atoms with Gasteiger partial charge in [0.2, 0.25) is 5.95 Å². The molecule has 12 nitrogen and oxygen atoms in total. The van der Waals surface area contributed by atoms with Crippen LogP contribution < -0.4 is 20.3 Å². The van der Waals surface area contributed by atoms with E-state index in [0.29, 0.717) is 21.6 Å². The zero-order chi connectivity index (χ0) is 26.2. The minimum absolute atomic E-state index is 0.0780. The fraction of sp³-hybridized carbons (Fsp3) is 0.318. The van der Waals surface area contributed by atoms with Gasteiger partial charge in [0.25, 0.3) is 5.91 Å². The summed E-state index contributed by atoms with van der Waals surface area (Å²) in [6.45, 7) is 3.13. The molecule has 1 aliphatic heterocycles. The first kappa shape index (κ1) is 25.6. The summed E-state index contributed by atoms with van der Waals surface area (Å²) >= 11 is 1.19. The van der Waals surface area contributed by atoms with E-state index in [4.69, 9.17) is 10.00 Å². The number of hydrogen-bond donors (Lipinski definition) is 2. The summed E-state index contributed by atoms with van der Waals surface area (Å²) < 4.78 is 31.9. The molecule has 3 aromatic heterocycles. The van der Waals surface area contributed by atoms with Gasteiger partial charge in [-0.05, 0) is 7.05 Å². The molecule has 37 heavy (non-hydrogen) atoms. The maximum Gasteiger partial charge on any atom is 0.321 e. The quantitative estimate of drug-likeness (QED) is 0.260. The molecule has 4 heterocycles. The number of ether oxygens (including phenoxy) is 1. The van der Waals surface area contributed by atoms with E-state index in [2.05, 4.69) is 64.2 Å². The molecule has 1 fully saturated rings. The second kappa shape index (κ2) is 12.0. The first-order chi connectivity index (χ1) is 17.9. The molecule has 0 aromatic carbocycles. The third kappa shape index (κ3) is 7.03. The lowest BCUT2D eigenvalue weighted by Gasteiger charge is -2.33. The van der Waals surface area contributed by atoms with Crippen LogP contribution >= 0.6 is 11.3 Å². The maximum absolute atomic E-state index is 13.5. The maximum atomic E-state index is 13.5. The summed E-state index contributed by atoms with van der Waals surface area (Å²) in [5, 5.41) is 15.0. The van der Waals surface area contributed by atoms with Crippen LogP contribution in [0.3, 0.4) is 0 Å². The molecule has 1 saturated heterocycles. The van der Waals surface area contributed by atoms with Crippen LogP contribution in [0.4, 0.5) is 25.5 Å². The number of anilines is 3. The highest BCUT2D eigenvalue weighted by molar-refractivity contribution is 7.16. The number of piperazine rings is 1. The van der Waals surface area contributed by atoms with Crippen molar-refractivity contribution in [1.29, 1.82) is 5.26 Å². The molecule has 0 atom stereocenters. The number of carbonyl (C=O) groups excluding carboxylic acids is 1. The zero-order valence-corrected chi connectivity index (χ0v) is 20.3. The Morgan fingerprint density at radius 2 is 1.97 bits per heavy atom. The lowest BCUT2D eigenvalue weighted by Crippen LogP contribution is -2.44. The smallest absolute Gasteiger partial charge is 0.321 e. The van der Waals surface area contributed by atoms with Gasteiger partial charge >= 0.3 is 12.1 Å². The van der Waals surface area contributed by atoms with E-state index in [0.717, 1.165) is 32.4 Å². The molecule has 0 unspecified atom stereocenters. The molecular weight excluding hydrogens is 506 g/mol. The SMILES string of the molecule is CN1CCN(c2cc(Nc3ncc(C#N)s3)nc(OCC#CCNC(=O)c3cnc(F)nc3F)n2)CC1. The molecule has 2 N–H and O–H groups in total. The molecule has 0 saturated carbocycles. The fourth-order valence-electron chi connectivity index (χ4n) is 3.16. The number of nitrogens with one attached hydrogen (secondary N) is 2. The molecule has 15 heteroatoms. The molecule has 0 radical (unpaired) electrons. The van der Waals surface area contributed by atoms with Crippen LogP contribution in [-0.2, 0) is 0 Å². The van der Waals surface area contributed by atoms with Gasteiger partial charge in [0, 0.05) is 38.4 Å². The number of hydrogen-bond acceptors (Lipinski definition) is 12. The molecule has 1 amide bonds. The lowest BCUT2D eigenvalue weighted by atomic mass is 10.3. The Bertz CT molecular complexity index is 1380. The summed E-state index contributed by atoms with van der Waals surface area (Å²) in [4.78, 5) is 35.8. The summed E-state index contributed by atoms with van der Waals surface area (Å²) in [5.74, 6) is 4.40. The normalized spacial score (nSPS) is 13.3. The van der Waals surface area contributed by atoms with E-state index in [1.54, 1.807) is 6.07 Å². The number of amides is 1. The second-order valence-corrected chi connectivity index (χ2v) is 8.65. The highest BCUT2D eigenvalue weighted by atomic mass is 32.1. The average Bonchev–Trinajstić information content (AvgIpc) is 3.33. The van der Waals surface area contributed by atoms with E-state index in [-0.39, 0.29) is 19.2 Å². The summed E-state index contributed by atoms with van der Waals surface area (Å²) in [7, 11) is 2.05. The lowest BCUT2D eigenvalue weighted by molar-refractivity contribution is 0.0953. The van der Waals surface area contributed by atoms with Gasteiger partial charge in [0.15, 0.2) is 11.7 Å². The zero-order valence-electron chi connectivity index (χ0n) is 19.5. The summed E-state index contributed by atoms with van der Waals surface area (Å²) in [6.07, 6.45) is 0.966. The molecule has 0 spiro atoms. The number of halogens is 2. The molecule has 190 valence electrons. The van der Waals surface area contributed by atoms with Crippen molar-refractivity contribution in [3.63, 3.8) is 0 Å². The van der Waals surface area contributed by atoms with Crippen LogP contribution in [0.25, 0.3) is 0 Å². The Kier molecular flexibility index (Phi) is 8.29. The Hall–Kier alpha value is -4.47. The van der Waals surface area contributed by atoms with Gasteiger partial charge in [0.05, 0.1) is 12.7 Å². The van der Waals surface area contributed by atoms with Crippen molar-refractivity contribution in [2.45, 2.75) is 0 Å². The van der Waals surface area contributed by atoms with E-state index >= 15 is 0 Å². The first-order valence-corrected chi connectivity index (χ1v) is 11.7. The van der Waals surface area contributed by atoms with Crippen molar-refractivity contribution in [2.75, 3.05) is 56.6 Å². The second-order valence-electron chi connectivity index (χ2n) is 7.62. The Morgan fingerprint density at radius 1 is 1.16 bits per heavy atom. The van der Waals surface area contributed by atoms with Gasteiger partial charge in [-0.3, -0.25) is 4.79 Å². The average molecular weight is 527 g/mol. The Balaban J connectivity index is 1.38. The van der Waals surface area contributed by atoms with E-state index in [1.807, 2.05) is 6.07 Å². The van der Waals surface area contributed by atoms with Crippen LogP contribution in [0.5, 0.6) is 6.01 Å². The van der Waals surface area contributed by atoms with Crippen molar-refractivity contribution >= 4 is 34.0 Å². The summed E-state index contributed by atoms with van der Waals surface area (Å²) in [6, 6.07) is 3.91. The minimum Gasteiger partial charge on any atom is -0.450 e. The first-order valence-electron chi connectivity index (χ1n) is 10.9. The molecule has 1 aliphatic rings. The highest BCUT2D eigenvalue weighted by Crippen LogP contribution is 2.25. The number of rotatable bonds is 7. The van der Waals surface area contributed by atoms with E-state index in [9.17, 15) is 13.6 Å². The Labute approximate surface area is 214 Å². The molecular formula is C22H20F2N10O2S. The van der Waals surface area contributed by atoms with Gasteiger partial charge in [0.1, 0.15) is 28.1 Å². The monoisotopic (exact) mass is 526 g/mol. The topological polar surface area (TPSA) is 145 Å². The van der Waals surface area contributed by atoms with Crippen molar-refractivity contribution in [2.24, 2.45) is 0 Å². The van der Waals surface area contributed by atoms with Crippen LogP contribution in [0.2, 0.25) is 0 Å². The van der Waals surface area contributed by atoms with Crippen molar-refractivity contribution in [3.8, 4) is 23.9 Å². The van der Waals surface area contributed by atoms with Gasteiger partial charge in [-0.15, -0.1) is 0 Å². The number of nitriles is 1. The van der Waals surface area contributed by atoms with Gasteiger partial charge < -0.3 is 25.2 Å². The standard InChI is InChI=1S/C22H20F2N10O2S/c1-33-5-7-34(8-6-33)17-10-16(30-22-28-12-14(11-25)37-22)29-21(31-17)36-9-3-2-4-26-19(35)15-13-27-20(24)32-18(15)23/h10,12-13H,4-9H2,1H3,(H,26,35)(H,28,29,30,31). The summed E-state index contributed by atoms with van der Waals surface area (Å²) in [5.41, 5.74) is -0.490. The van der Waals surface area contributed by atoms with Crippen molar-refractivity contribution < 1.29 is 18.3 Å². The van der Waals surface area contributed by atoms with Crippen LogP contribution in [-0.4, -0.2) is 82.1 Å².